The van der Waals surface area contributed by atoms with E-state index in [0.29, 0.717) is 17.4 Å². The van der Waals surface area contributed by atoms with Crippen LogP contribution in [-0.2, 0) is 6.54 Å². The fraction of sp³-hybridized carbons (Fsp3) is 0.100. The summed E-state index contributed by atoms with van der Waals surface area (Å²) in [5.41, 5.74) is 0. The molecule has 4 heteroatoms. The van der Waals surface area contributed by atoms with Crippen molar-refractivity contribution in [1.29, 1.82) is 0 Å². The zero-order valence-electron chi connectivity index (χ0n) is 7.40. The molecular formula is C10H9ClN2O. The number of nitrogens with zero attached hydrogens (tertiary/aromatic N) is 1. The number of pyridine rings is 1. The average molecular weight is 209 g/mol. The highest BCUT2D eigenvalue weighted by molar-refractivity contribution is 6.32. The number of aromatic nitrogens is 1. The van der Waals surface area contributed by atoms with Gasteiger partial charge in [-0.05, 0) is 24.3 Å². The monoisotopic (exact) mass is 208 g/mol. The normalized spacial score (nSPS) is 10.1. The molecule has 0 bridgehead atoms. The summed E-state index contributed by atoms with van der Waals surface area (Å²) >= 11 is 5.91. The van der Waals surface area contributed by atoms with Crippen molar-refractivity contribution in [3.05, 3.63) is 47.5 Å². The van der Waals surface area contributed by atoms with Gasteiger partial charge in [-0.25, -0.2) is 4.98 Å². The first kappa shape index (κ1) is 9.09. The summed E-state index contributed by atoms with van der Waals surface area (Å²) < 4.78 is 5.16. The highest BCUT2D eigenvalue weighted by Gasteiger charge is 2.00. The highest BCUT2D eigenvalue weighted by atomic mass is 35.5. The summed E-state index contributed by atoms with van der Waals surface area (Å²) in [4.78, 5) is 4.09. The second kappa shape index (κ2) is 4.15. The number of nitrogens with one attached hydrogen (secondary N) is 1. The molecule has 72 valence electrons. The quantitative estimate of drug-likeness (QED) is 0.843. The summed E-state index contributed by atoms with van der Waals surface area (Å²) in [5.74, 6) is 1.53. The molecule has 0 amide bonds. The molecule has 0 aromatic carbocycles. The van der Waals surface area contributed by atoms with E-state index in [-0.39, 0.29) is 0 Å². The molecule has 1 N–H and O–H groups in total. The minimum absolute atomic E-state index is 0.587. The van der Waals surface area contributed by atoms with Crippen LogP contribution in [0.2, 0.25) is 5.02 Å². The Bertz CT molecular complexity index is 400. The Hall–Kier alpha value is -1.48. The van der Waals surface area contributed by atoms with Crippen LogP contribution in [0.1, 0.15) is 5.76 Å². The Morgan fingerprint density at radius 2 is 2.29 bits per heavy atom. The second-order valence-corrected chi connectivity index (χ2v) is 3.17. The van der Waals surface area contributed by atoms with Crippen LogP contribution >= 0.6 is 11.6 Å². The SMILES string of the molecule is Clc1cccnc1NCc1ccco1. The van der Waals surface area contributed by atoms with E-state index in [9.17, 15) is 0 Å². The molecule has 0 radical (unpaired) electrons. The van der Waals surface area contributed by atoms with Crippen LogP contribution < -0.4 is 5.32 Å². The molecule has 0 fully saturated rings. The summed E-state index contributed by atoms with van der Waals surface area (Å²) in [6.07, 6.45) is 3.33. The number of rotatable bonds is 3. The maximum absolute atomic E-state index is 5.91. The molecule has 2 rings (SSSR count). The molecule has 0 unspecified atom stereocenters. The van der Waals surface area contributed by atoms with Crippen LogP contribution in [0.15, 0.2) is 41.1 Å². The predicted molar refractivity (Wildman–Crippen MR) is 55.3 cm³/mol. The van der Waals surface area contributed by atoms with Crippen molar-refractivity contribution in [2.24, 2.45) is 0 Å². The molecule has 0 saturated carbocycles. The molecule has 2 aromatic rings. The fourth-order valence-electron chi connectivity index (χ4n) is 1.10. The lowest BCUT2D eigenvalue weighted by Crippen LogP contribution is -2.00. The van der Waals surface area contributed by atoms with Gasteiger partial charge >= 0.3 is 0 Å². The van der Waals surface area contributed by atoms with Crippen LogP contribution in [0, 0.1) is 0 Å². The third-order valence-corrected chi connectivity index (χ3v) is 2.07. The van der Waals surface area contributed by atoms with Gasteiger partial charge in [0.05, 0.1) is 17.8 Å². The molecule has 14 heavy (non-hydrogen) atoms. The van der Waals surface area contributed by atoms with Gasteiger partial charge in [0, 0.05) is 6.20 Å². The first-order valence-corrected chi connectivity index (χ1v) is 4.61. The smallest absolute Gasteiger partial charge is 0.145 e. The van der Waals surface area contributed by atoms with E-state index in [4.69, 9.17) is 16.0 Å². The van der Waals surface area contributed by atoms with E-state index in [0.717, 1.165) is 5.76 Å². The van der Waals surface area contributed by atoms with E-state index < -0.39 is 0 Å². The molecule has 0 aliphatic heterocycles. The van der Waals surface area contributed by atoms with Gasteiger partial charge in [0.1, 0.15) is 11.6 Å². The minimum atomic E-state index is 0.587. The van der Waals surface area contributed by atoms with Gasteiger partial charge in [0.2, 0.25) is 0 Å². The van der Waals surface area contributed by atoms with Crippen molar-refractivity contribution in [1.82, 2.24) is 4.98 Å². The van der Waals surface area contributed by atoms with Crippen molar-refractivity contribution < 1.29 is 4.42 Å². The third kappa shape index (κ3) is 2.06. The van der Waals surface area contributed by atoms with Crippen LogP contribution in [0.5, 0.6) is 0 Å². The van der Waals surface area contributed by atoms with Crippen LogP contribution in [0.25, 0.3) is 0 Å². The highest BCUT2D eigenvalue weighted by Crippen LogP contribution is 2.18. The molecule has 2 aromatic heterocycles. The predicted octanol–water partition coefficient (Wildman–Crippen LogP) is 2.94. The molecule has 0 spiro atoms. The number of halogens is 1. The number of furan rings is 1. The maximum atomic E-state index is 5.91. The van der Waals surface area contributed by atoms with Crippen molar-refractivity contribution in [3.8, 4) is 0 Å². The van der Waals surface area contributed by atoms with Gasteiger partial charge in [-0.15, -0.1) is 0 Å². The fourth-order valence-corrected chi connectivity index (χ4v) is 1.29. The zero-order chi connectivity index (χ0) is 9.80. The minimum Gasteiger partial charge on any atom is -0.467 e. The van der Waals surface area contributed by atoms with E-state index >= 15 is 0 Å². The van der Waals surface area contributed by atoms with Gasteiger partial charge in [-0.2, -0.15) is 0 Å². The van der Waals surface area contributed by atoms with Crippen molar-refractivity contribution >= 4 is 17.4 Å². The average Bonchev–Trinajstić information content (AvgIpc) is 2.69. The van der Waals surface area contributed by atoms with E-state index in [1.165, 1.54) is 0 Å². The summed E-state index contributed by atoms with van der Waals surface area (Å²) in [5, 5.41) is 3.69. The number of hydrogen-bond donors (Lipinski definition) is 1. The van der Waals surface area contributed by atoms with E-state index in [2.05, 4.69) is 10.3 Å². The number of anilines is 1. The van der Waals surface area contributed by atoms with Gasteiger partial charge in [-0.1, -0.05) is 11.6 Å². The largest absolute Gasteiger partial charge is 0.467 e. The van der Waals surface area contributed by atoms with Crippen LogP contribution in [-0.4, -0.2) is 4.98 Å². The first-order chi connectivity index (χ1) is 6.86. The van der Waals surface area contributed by atoms with Crippen molar-refractivity contribution in [2.45, 2.75) is 6.54 Å². The Morgan fingerprint density at radius 3 is 3.00 bits per heavy atom. The van der Waals surface area contributed by atoms with Gasteiger partial charge in [-0.3, -0.25) is 0 Å². The van der Waals surface area contributed by atoms with Crippen molar-refractivity contribution in [2.75, 3.05) is 5.32 Å². The lowest BCUT2D eigenvalue weighted by Gasteiger charge is -2.04. The summed E-state index contributed by atoms with van der Waals surface area (Å²) in [6.45, 7) is 0.587. The lowest BCUT2D eigenvalue weighted by molar-refractivity contribution is 0.518. The maximum Gasteiger partial charge on any atom is 0.145 e. The van der Waals surface area contributed by atoms with Crippen LogP contribution in [0.4, 0.5) is 5.82 Å². The standard InChI is InChI=1S/C10H9ClN2O/c11-9-4-1-5-12-10(9)13-7-8-3-2-6-14-8/h1-6H,7H2,(H,12,13). The van der Waals surface area contributed by atoms with Gasteiger partial charge in [0.25, 0.3) is 0 Å². The molecular weight excluding hydrogens is 200 g/mol. The summed E-state index contributed by atoms with van der Waals surface area (Å²) in [7, 11) is 0. The molecule has 0 atom stereocenters. The van der Waals surface area contributed by atoms with Crippen LogP contribution in [0.3, 0.4) is 0 Å². The molecule has 0 aliphatic rings. The van der Waals surface area contributed by atoms with Crippen molar-refractivity contribution in [3.63, 3.8) is 0 Å². The molecule has 3 nitrogen and oxygen atoms in total. The summed E-state index contributed by atoms with van der Waals surface area (Å²) in [6, 6.07) is 7.32. The Labute approximate surface area is 86.7 Å². The Kier molecular flexibility index (Phi) is 2.70. The number of hydrogen-bond acceptors (Lipinski definition) is 3. The molecule has 0 aliphatic carbocycles. The van der Waals surface area contributed by atoms with Gasteiger partial charge in [0.15, 0.2) is 0 Å². The van der Waals surface area contributed by atoms with E-state index in [1.807, 2.05) is 12.1 Å². The van der Waals surface area contributed by atoms with E-state index in [1.54, 1.807) is 24.6 Å². The zero-order valence-corrected chi connectivity index (χ0v) is 8.16. The lowest BCUT2D eigenvalue weighted by atomic mass is 10.4. The Balaban J connectivity index is 2.02. The molecule has 0 saturated heterocycles. The first-order valence-electron chi connectivity index (χ1n) is 4.23. The third-order valence-electron chi connectivity index (χ3n) is 1.77. The second-order valence-electron chi connectivity index (χ2n) is 2.77. The Morgan fingerprint density at radius 1 is 1.36 bits per heavy atom. The van der Waals surface area contributed by atoms with Gasteiger partial charge < -0.3 is 9.73 Å². The topological polar surface area (TPSA) is 38.1 Å². The molecule has 2 heterocycles.